The van der Waals surface area contributed by atoms with Crippen molar-refractivity contribution < 1.29 is 8.42 Å². The first kappa shape index (κ1) is 13.8. The highest BCUT2D eigenvalue weighted by atomic mass is 35.5. The molecular formula is C12H17ClN2O2S. The van der Waals surface area contributed by atoms with E-state index in [0.717, 1.165) is 0 Å². The molecule has 0 radical (unpaired) electrons. The summed E-state index contributed by atoms with van der Waals surface area (Å²) in [7, 11) is -3.44. The molecule has 1 aliphatic rings. The van der Waals surface area contributed by atoms with Gasteiger partial charge in [-0.1, -0.05) is 17.7 Å². The largest absolute Gasteiger partial charge is 0.312 e. The summed E-state index contributed by atoms with van der Waals surface area (Å²) in [5.41, 5.74) is 0.616. The molecule has 1 atom stereocenters. The molecule has 6 heteroatoms. The zero-order chi connectivity index (χ0) is 13.3. The van der Waals surface area contributed by atoms with Gasteiger partial charge in [0.2, 0.25) is 10.0 Å². The maximum absolute atomic E-state index is 12.5. The summed E-state index contributed by atoms with van der Waals surface area (Å²) in [5, 5.41) is 3.71. The summed E-state index contributed by atoms with van der Waals surface area (Å²) in [4.78, 5) is 0.309. The van der Waals surface area contributed by atoms with E-state index in [1.54, 1.807) is 25.1 Å². The summed E-state index contributed by atoms with van der Waals surface area (Å²) >= 11 is 5.99. The molecule has 1 heterocycles. The lowest BCUT2D eigenvalue weighted by molar-refractivity contribution is 0.310. The smallest absolute Gasteiger partial charge is 0.243 e. The first-order valence-electron chi connectivity index (χ1n) is 5.91. The fourth-order valence-electron chi connectivity index (χ4n) is 2.12. The third kappa shape index (κ3) is 2.54. The summed E-state index contributed by atoms with van der Waals surface area (Å²) in [6.07, 6.45) is 0. The average molecular weight is 289 g/mol. The van der Waals surface area contributed by atoms with Gasteiger partial charge >= 0.3 is 0 Å². The number of nitrogens with one attached hydrogen (secondary N) is 1. The van der Waals surface area contributed by atoms with Crippen molar-refractivity contribution in [1.82, 2.24) is 9.62 Å². The van der Waals surface area contributed by atoms with Gasteiger partial charge in [-0.15, -0.1) is 0 Å². The molecule has 1 unspecified atom stereocenters. The van der Waals surface area contributed by atoms with E-state index in [9.17, 15) is 8.42 Å². The van der Waals surface area contributed by atoms with Crippen molar-refractivity contribution in [2.45, 2.75) is 24.8 Å². The van der Waals surface area contributed by atoms with E-state index in [0.29, 0.717) is 35.1 Å². The molecular weight excluding hydrogens is 272 g/mol. The van der Waals surface area contributed by atoms with Crippen LogP contribution >= 0.6 is 11.6 Å². The van der Waals surface area contributed by atoms with E-state index < -0.39 is 10.0 Å². The molecule has 1 N–H and O–H groups in total. The van der Waals surface area contributed by atoms with Crippen molar-refractivity contribution >= 4 is 21.6 Å². The standard InChI is InChI=1S/C12H17ClN2O2S/c1-9-8-15(7-6-14-9)18(16,17)12-5-3-4-11(13)10(12)2/h3-5,9,14H,6-8H2,1-2H3. The van der Waals surface area contributed by atoms with E-state index in [2.05, 4.69) is 5.32 Å². The van der Waals surface area contributed by atoms with Gasteiger partial charge in [0.25, 0.3) is 0 Å². The lowest BCUT2D eigenvalue weighted by Gasteiger charge is -2.31. The summed E-state index contributed by atoms with van der Waals surface area (Å²) in [5.74, 6) is 0. The molecule has 1 aromatic rings. The molecule has 4 nitrogen and oxygen atoms in total. The fourth-order valence-corrected chi connectivity index (χ4v) is 4.13. The van der Waals surface area contributed by atoms with Crippen molar-refractivity contribution in [3.8, 4) is 0 Å². The minimum atomic E-state index is -3.44. The second-order valence-electron chi connectivity index (χ2n) is 4.58. The molecule has 0 amide bonds. The minimum absolute atomic E-state index is 0.174. The number of piperazine rings is 1. The molecule has 1 aliphatic heterocycles. The molecule has 1 fully saturated rings. The Bertz CT molecular complexity index is 545. The summed E-state index contributed by atoms with van der Waals surface area (Å²) in [6.45, 7) is 5.39. The van der Waals surface area contributed by atoms with Crippen molar-refractivity contribution in [2.24, 2.45) is 0 Å². The molecule has 0 saturated carbocycles. The van der Waals surface area contributed by atoms with Crippen LogP contribution in [0.4, 0.5) is 0 Å². The Morgan fingerprint density at radius 1 is 1.44 bits per heavy atom. The van der Waals surface area contributed by atoms with Gasteiger partial charge < -0.3 is 5.32 Å². The number of sulfonamides is 1. The maximum atomic E-state index is 12.5. The Balaban J connectivity index is 2.39. The second kappa shape index (κ2) is 5.17. The second-order valence-corrected chi connectivity index (χ2v) is 6.89. The van der Waals surface area contributed by atoms with Crippen molar-refractivity contribution in [1.29, 1.82) is 0 Å². The molecule has 0 spiro atoms. The third-order valence-electron chi connectivity index (χ3n) is 3.17. The quantitative estimate of drug-likeness (QED) is 0.900. The Kier molecular flexibility index (Phi) is 3.96. The third-order valence-corrected chi connectivity index (χ3v) is 5.59. The van der Waals surface area contributed by atoms with Crippen LogP contribution in [0.1, 0.15) is 12.5 Å². The van der Waals surface area contributed by atoms with Crippen LogP contribution in [0.2, 0.25) is 5.02 Å². The van der Waals surface area contributed by atoms with Crippen molar-refractivity contribution in [3.05, 3.63) is 28.8 Å². The molecule has 0 aromatic heterocycles. The van der Waals surface area contributed by atoms with Crippen molar-refractivity contribution in [2.75, 3.05) is 19.6 Å². The number of nitrogens with zero attached hydrogens (tertiary/aromatic N) is 1. The van der Waals surface area contributed by atoms with Crippen molar-refractivity contribution in [3.63, 3.8) is 0 Å². The van der Waals surface area contributed by atoms with E-state index >= 15 is 0 Å². The monoisotopic (exact) mass is 288 g/mol. The van der Waals surface area contributed by atoms with Gasteiger partial charge in [0.15, 0.2) is 0 Å². The lowest BCUT2D eigenvalue weighted by atomic mass is 10.2. The van der Waals surface area contributed by atoms with Crippen LogP contribution < -0.4 is 5.32 Å². The van der Waals surface area contributed by atoms with Gasteiger partial charge in [-0.3, -0.25) is 0 Å². The van der Waals surface area contributed by atoms with Crippen LogP contribution in [0.3, 0.4) is 0 Å². The molecule has 1 saturated heterocycles. The SMILES string of the molecule is Cc1c(Cl)cccc1S(=O)(=O)N1CCNC(C)C1. The Labute approximate surface area is 113 Å². The van der Waals surface area contributed by atoms with Gasteiger partial charge in [0.05, 0.1) is 4.90 Å². The van der Waals surface area contributed by atoms with Crippen LogP contribution in [-0.4, -0.2) is 38.4 Å². The van der Waals surface area contributed by atoms with Crippen LogP contribution in [0.25, 0.3) is 0 Å². The highest BCUT2D eigenvalue weighted by Gasteiger charge is 2.29. The highest BCUT2D eigenvalue weighted by Crippen LogP contribution is 2.26. The molecule has 2 rings (SSSR count). The van der Waals surface area contributed by atoms with Gasteiger partial charge in [0, 0.05) is 30.7 Å². The average Bonchev–Trinajstić information content (AvgIpc) is 2.32. The van der Waals surface area contributed by atoms with E-state index in [4.69, 9.17) is 11.6 Å². The predicted molar refractivity (Wildman–Crippen MR) is 72.4 cm³/mol. The first-order chi connectivity index (χ1) is 8.43. The van der Waals surface area contributed by atoms with E-state index in [1.165, 1.54) is 4.31 Å². The van der Waals surface area contributed by atoms with Crippen LogP contribution in [0.5, 0.6) is 0 Å². The van der Waals surface area contributed by atoms with E-state index in [-0.39, 0.29) is 6.04 Å². The van der Waals surface area contributed by atoms with Gasteiger partial charge in [0.1, 0.15) is 0 Å². The number of halogens is 1. The van der Waals surface area contributed by atoms with Crippen LogP contribution in [-0.2, 0) is 10.0 Å². The van der Waals surface area contributed by atoms with Crippen LogP contribution in [0, 0.1) is 6.92 Å². The number of benzene rings is 1. The first-order valence-corrected chi connectivity index (χ1v) is 7.73. The van der Waals surface area contributed by atoms with Gasteiger partial charge in [-0.2, -0.15) is 4.31 Å². The van der Waals surface area contributed by atoms with Gasteiger partial charge in [-0.25, -0.2) is 8.42 Å². The molecule has 18 heavy (non-hydrogen) atoms. The zero-order valence-electron chi connectivity index (χ0n) is 10.5. The Morgan fingerprint density at radius 3 is 2.83 bits per heavy atom. The topological polar surface area (TPSA) is 49.4 Å². The molecule has 0 bridgehead atoms. The van der Waals surface area contributed by atoms with E-state index in [1.807, 2.05) is 6.92 Å². The molecule has 100 valence electrons. The summed E-state index contributed by atoms with van der Waals surface area (Å²) in [6, 6.07) is 5.17. The lowest BCUT2D eigenvalue weighted by Crippen LogP contribution is -2.51. The zero-order valence-corrected chi connectivity index (χ0v) is 12.1. The Hall–Kier alpha value is -0.620. The molecule has 0 aliphatic carbocycles. The number of hydrogen-bond donors (Lipinski definition) is 1. The normalized spacial score (nSPS) is 22.1. The van der Waals surface area contributed by atoms with Crippen LogP contribution in [0.15, 0.2) is 23.1 Å². The summed E-state index contributed by atoms with van der Waals surface area (Å²) < 4.78 is 26.6. The maximum Gasteiger partial charge on any atom is 0.243 e. The predicted octanol–water partition coefficient (Wildman–Crippen LogP) is 1.63. The number of rotatable bonds is 2. The fraction of sp³-hybridized carbons (Fsp3) is 0.500. The number of hydrogen-bond acceptors (Lipinski definition) is 3. The minimum Gasteiger partial charge on any atom is -0.312 e. The van der Waals surface area contributed by atoms with Gasteiger partial charge in [-0.05, 0) is 31.5 Å². The molecule has 1 aromatic carbocycles. The Morgan fingerprint density at radius 2 is 2.17 bits per heavy atom. The highest BCUT2D eigenvalue weighted by molar-refractivity contribution is 7.89.